The monoisotopic (exact) mass is 212 g/mol. The topological polar surface area (TPSA) is 26.3 Å². The second-order valence-electron chi connectivity index (χ2n) is 4.93. The molecule has 1 unspecified atom stereocenters. The molecule has 88 valence electrons. The maximum Gasteiger partial charge on any atom is 0.164 e. The maximum atomic E-state index is 12.2. The van der Waals surface area contributed by atoms with E-state index in [0.29, 0.717) is 18.1 Å². The molecule has 1 aliphatic carbocycles. The molecule has 0 aromatic carbocycles. The molecule has 1 rings (SSSR count). The van der Waals surface area contributed by atoms with Crippen LogP contribution in [0.2, 0.25) is 0 Å². The first kappa shape index (κ1) is 12.7. The van der Waals surface area contributed by atoms with Crippen LogP contribution < -0.4 is 0 Å². The summed E-state index contributed by atoms with van der Waals surface area (Å²) in [7, 11) is 1.69. The van der Waals surface area contributed by atoms with Crippen molar-refractivity contribution in [1.82, 2.24) is 0 Å². The van der Waals surface area contributed by atoms with E-state index in [-0.39, 0.29) is 0 Å². The molecule has 2 nitrogen and oxygen atoms in total. The molecule has 0 amide bonds. The fraction of sp³-hybridized carbons (Fsp3) is 0.923. The van der Waals surface area contributed by atoms with Gasteiger partial charge in [0, 0.05) is 13.5 Å². The van der Waals surface area contributed by atoms with Gasteiger partial charge in [-0.25, -0.2) is 0 Å². The van der Waals surface area contributed by atoms with Gasteiger partial charge in [0.05, 0.1) is 0 Å². The van der Waals surface area contributed by atoms with Gasteiger partial charge in [-0.2, -0.15) is 0 Å². The van der Waals surface area contributed by atoms with Crippen molar-refractivity contribution in [3.63, 3.8) is 0 Å². The van der Waals surface area contributed by atoms with Gasteiger partial charge in [0.2, 0.25) is 0 Å². The molecule has 1 saturated carbocycles. The zero-order valence-corrected chi connectivity index (χ0v) is 10.3. The van der Waals surface area contributed by atoms with E-state index in [0.717, 1.165) is 38.5 Å². The van der Waals surface area contributed by atoms with Gasteiger partial charge in [0.25, 0.3) is 0 Å². The third-order valence-corrected chi connectivity index (χ3v) is 3.63. The predicted octanol–water partition coefficient (Wildman–Crippen LogP) is 3.34. The van der Waals surface area contributed by atoms with E-state index in [9.17, 15) is 4.79 Å². The molecule has 2 heteroatoms. The summed E-state index contributed by atoms with van der Waals surface area (Å²) in [6.07, 6.45) is 7.15. The number of carbonyl (C=O) groups is 1. The normalized spacial score (nSPS) is 21.5. The minimum absolute atomic E-state index is 0.337. The minimum Gasteiger partial charge on any atom is -0.370 e. The molecular formula is C13H24O2. The lowest BCUT2D eigenvalue weighted by Gasteiger charge is -2.27. The van der Waals surface area contributed by atoms with Crippen molar-refractivity contribution in [2.24, 2.45) is 5.92 Å². The van der Waals surface area contributed by atoms with Crippen LogP contribution in [0.4, 0.5) is 0 Å². The zero-order chi connectivity index (χ0) is 11.3. The Bertz CT molecular complexity index is 205. The molecule has 0 N–H and O–H groups in total. The van der Waals surface area contributed by atoms with E-state index in [2.05, 4.69) is 13.8 Å². The highest BCUT2D eigenvalue weighted by molar-refractivity contribution is 5.87. The smallest absolute Gasteiger partial charge is 0.164 e. The average molecular weight is 212 g/mol. The van der Waals surface area contributed by atoms with Crippen LogP contribution in [0, 0.1) is 5.92 Å². The van der Waals surface area contributed by atoms with Gasteiger partial charge in [-0.15, -0.1) is 0 Å². The van der Waals surface area contributed by atoms with Gasteiger partial charge in [-0.05, 0) is 31.6 Å². The van der Waals surface area contributed by atoms with E-state index in [1.807, 2.05) is 0 Å². The molecule has 15 heavy (non-hydrogen) atoms. The summed E-state index contributed by atoms with van der Waals surface area (Å²) < 4.78 is 5.49. The van der Waals surface area contributed by atoms with Crippen LogP contribution in [-0.2, 0) is 9.53 Å². The highest BCUT2D eigenvalue weighted by atomic mass is 16.5. The van der Waals surface area contributed by atoms with Crippen LogP contribution in [-0.4, -0.2) is 18.5 Å². The number of methoxy groups -OCH3 is 1. The van der Waals surface area contributed by atoms with E-state index in [4.69, 9.17) is 4.74 Å². The number of ether oxygens (including phenoxy) is 1. The largest absolute Gasteiger partial charge is 0.370 e. The van der Waals surface area contributed by atoms with E-state index in [1.165, 1.54) is 0 Å². The summed E-state index contributed by atoms with van der Waals surface area (Å²) in [5.74, 6) is 0.846. The molecule has 0 aromatic rings. The molecule has 0 aliphatic heterocycles. The van der Waals surface area contributed by atoms with E-state index in [1.54, 1.807) is 7.11 Å². The first-order valence-corrected chi connectivity index (χ1v) is 6.23. The Morgan fingerprint density at radius 1 is 1.40 bits per heavy atom. The van der Waals surface area contributed by atoms with Crippen LogP contribution in [0.15, 0.2) is 0 Å². The van der Waals surface area contributed by atoms with Gasteiger partial charge < -0.3 is 4.74 Å². The van der Waals surface area contributed by atoms with E-state index < -0.39 is 5.60 Å². The van der Waals surface area contributed by atoms with Crippen molar-refractivity contribution in [3.05, 3.63) is 0 Å². The van der Waals surface area contributed by atoms with Gasteiger partial charge in [0.15, 0.2) is 5.78 Å². The summed E-state index contributed by atoms with van der Waals surface area (Å²) in [5.41, 5.74) is -0.415. The number of ketones is 1. The number of hydrogen-bond donors (Lipinski definition) is 0. The third kappa shape index (κ3) is 3.04. The first-order valence-electron chi connectivity index (χ1n) is 6.23. The Balaban J connectivity index is 2.50. The summed E-state index contributed by atoms with van der Waals surface area (Å²) >= 11 is 0. The van der Waals surface area contributed by atoms with Crippen LogP contribution in [0.5, 0.6) is 0 Å². The third-order valence-electron chi connectivity index (χ3n) is 3.63. The van der Waals surface area contributed by atoms with Crippen LogP contribution >= 0.6 is 0 Å². The van der Waals surface area contributed by atoms with Crippen molar-refractivity contribution in [1.29, 1.82) is 0 Å². The molecule has 1 fully saturated rings. The zero-order valence-electron chi connectivity index (χ0n) is 10.3. The molecule has 0 spiro atoms. The van der Waals surface area contributed by atoms with Crippen molar-refractivity contribution in [2.45, 2.75) is 64.4 Å². The lowest BCUT2D eigenvalue weighted by atomic mass is 9.88. The van der Waals surface area contributed by atoms with Crippen molar-refractivity contribution in [2.75, 3.05) is 7.11 Å². The highest BCUT2D eigenvalue weighted by Crippen LogP contribution is 2.35. The Labute approximate surface area is 93.4 Å². The van der Waals surface area contributed by atoms with Crippen LogP contribution in [0.25, 0.3) is 0 Å². The van der Waals surface area contributed by atoms with E-state index >= 15 is 0 Å². The summed E-state index contributed by atoms with van der Waals surface area (Å²) in [6.45, 7) is 4.34. The van der Waals surface area contributed by atoms with Crippen molar-refractivity contribution in [3.8, 4) is 0 Å². The van der Waals surface area contributed by atoms with Crippen molar-refractivity contribution < 1.29 is 9.53 Å². The fourth-order valence-electron chi connectivity index (χ4n) is 2.64. The van der Waals surface area contributed by atoms with Crippen LogP contribution in [0.3, 0.4) is 0 Å². The minimum atomic E-state index is -0.415. The lowest BCUT2D eigenvalue weighted by Crippen LogP contribution is -2.38. The molecule has 0 heterocycles. The van der Waals surface area contributed by atoms with Gasteiger partial charge >= 0.3 is 0 Å². The van der Waals surface area contributed by atoms with Gasteiger partial charge in [-0.3, -0.25) is 4.79 Å². The number of rotatable bonds is 6. The average Bonchev–Trinajstić information content (AvgIpc) is 2.67. The van der Waals surface area contributed by atoms with Crippen LogP contribution in [0.1, 0.15) is 58.8 Å². The number of Topliss-reactive ketones (excluding diaryl/α,β-unsaturated/α-hetero) is 1. The number of carbonyl (C=O) groups excluding carboxylic acids is 1. The Morgan fingerprint density at radius 2 is 2.00 bits per heavy atom. The molecule has 0 saturated heterocycles. The molecule has 1 aliphatic rings. The lowest BCUT2D eigenvalue weighted by molar-refractivity contribution is -0.141. The first-order chi connectivity index (χ1) is 7.14. The quantitative estimate of drug-likeness (QED) is 0.675. The molecule has 0 radical (unpaired) electrons. The van der Waals surface area contributed by atoms with Gasteiger partial charge in [-0.1, -0.05) is 26.7 Å². The second kappa shape index (κ2) is 5.64. The molecule has 0 bridgehead atoms. The maximum absolute atomic E-state index is 12.2. The highest BCUT2D eigenvalue weighted by Gasteiger charge is 2.40. The summed E-state index contributed by atoms with van der Waals surface area (Å²) in [4.78, 5) is 12.2. The Morgan fingerprint density at radius 3 is 2.47 bits per heavy atom. The molecule has 0 aromatic heterocycles. The Hall–Kier alpha value is -0.370. The standard InChI is InChI=1S/C13H24O2/c1-4-7-11(2)10-12(14)13(15-3)8-5-6-9-13/h11H,4-10H2,1-3H3. The molecular weight excluding hydrogens is 188 g/mol. The second-order valence-corrected chi connectivity index (χ2v) is 4.93. The fourth-order valence-corrected chi connectivity index (χ4v) is 2.64. The summed E-state index contributed by atoms with van der Waals surface area (Å²) in [6, 6.07) is 0. The molecule has 1 atom stereocenters. The summed E-state index contributed by atoms with van der Waals surface area (Å²) in [5, 5.41) is 0. The number of hydrogen-bond acceptors (Lipinski definition) is 2. The van der Waals surface area contributed by atoms with Gasteiger partial charge in [0.1, 0.15) is 5.60 Å². The SMILES string of the molecule is CCCC(C)CC(=O)C1(OC)CCCC1. The Kier molecular flexibility index (Phi) is 4.78. The predicted molar refractivity (Wildman–Crippen MR) is 61.9 cm³/mol. The van der Waals surface area contributed by atoms with Crippen molar-refractivity contribution >= 4 is 5.78 Å².